The van der Waals surface area contributed by atoms with Crippen LogP contribution < -0.4 is 5.32 Å². The van der Waals surface area contributed by atoms with Crippen molar-refractivity contribution < 1.29 is 9.59 Å². The van der Waals surface area contributed by atoms with Gasteiger partial charge in [-0.3, -0.25) is 9.59 Å². The number of amides is 2. The van der Waals surface area contributed by atoms with Crippen LogP contribution >= 0.6 is 0 Å². The van der Waals surface area contributed by atoms with Gasteiger partial charge in [-0.1, -0.05) is 51.1 Å². The number of nitrogens with zero attached hydrogens (tertiary/aromatic N) is 1. The van der Waals surface area contributed by atoms with Gasteiger partial charge in [0, 0.05) is 24.4 Å². The Morgan fingerprint density at radius 3 is 2.16 bits per heavy atom. The van der Waals surface area contributed by atoms with E-state index in [1.54, 1.807) is 0 Å². The number of rotatable bonds is 4. The Bertz CT molecular complexity index is 609. The largest absolute Gasteiger partial charge is 0.349 e. The molecule has 0 bridgehead atoms. The van der Waals surface area contributed by atoms with Crippen LogP contribution in [-0.2, 0) is 9.59 Å². The molecule has 4 nitrogen and oxygen atoms in total. The van der Waals surface area contributed by atoms with E-state index in [0.29, 0.717) is 19.0 Å². The van der Waals surface area contributed by atoms with Crippen LogP contribution in [0, 0.1) is 17.3 Å². The third-order valence-corrected chi connectivity index (χ3v) is 5.34. The van der Waals surface area contributed by atoms with E-state index in [4.69, 9.17) is 0 Å². The van der Waals surface area contributed by atoms with Crippen molar-refractivity contribution in [3.63, 3.8) is 0 Å². The molecule has 2 aliphatic rings. The SMILES string of the molecule is CC(C)(C)C(=O)N1CCC(C(=O)NC(c2ccccc2)C2CC2)CC1. The number of hydrogen-bond acceptors (Lipinski definition) is 2. The number of benzene rings is 1. The summed E-state index contributed by atoms with van der Waals surface area (Å²) >= 11 is 0. The summed E-state index contributed by atoms with van der Waals surface area (Å²) in [6.07, 6.45) is 3.91. The predicted octanol–water partition coefficient (Wildman–Crippen LogP) is 3.54. The smallest absolute Gasteiger partial charge is 0.227 e. The third-order valence-electron chi connectivity index (χ3n) is 5.34. The molecule has 2 fully saturated rings. The zero-order chi connectivity index (χ0) is 18.0. The summed E-state index contributed by atoms with van der Waals surface area (Å²) in [6.45, 7) is 7.23. The molecule has 1 aliphatic heterocycles. The van der Waals surface area contributed by atoms with Crippen molar-refractivity contribution in [2.24, 2.45) is 17.3 Å². The first-order valence-electron chi connectivity index (χ1n) is 9.51. The van der Waals surface area contributed by atoms with E-state index in [-0.39, 0.29) is 29.2 Å². The molecular weight excluding hydrogens is 312 g/mol. The summed E-state index contributed by atoms with van der Waals surface area (Å²) in [6, 6.07) is 10.4. The highest BCUT2D eigenvalue weighted by atomic mass is 16.2. The molecule has 1 saturated heterocycles. The summed E-state index contributed by atoms with van der Waals surface area (Å²) in [5.41, 5.74) is 0.859. The lowest BCUT2D eigenvalue weighted by atomic mass is 9.90. The molecule has 136 valence electrons. The third kappa shape index (κ3) is 4.42. The molecule has 1 unspecified atom stereocenters. The minimum atomic E-state index is -0.348. The molecule has 0 radical (unpaired) electrons. The minimum Gasteiger partial charge on any atom is -0.349 e. The lowest BCUT2D eigenvalue weighted by Gasteiger charge is -2.35. The van der Waals surface area contributed by atoms with E-state index in [0.717, 1.165) is 12.8 Å². The van der Waals surface area contributed by atoms with Crippen LogP contribution in [-0.4, -0.2) is 29.8 Å². The minimum absolute atomic E-state index is 0.0222. The topological polar surface area (TPSA) is 49.4 Å². The van der Waals surface area contributed by atoms with Crippen molar-refractivity contribution in [1.82, 2.24) is 10.2 Å². The maximum absolute atomic E-state index is 12.8. The van der Waals surface area contributed by atoms with Gasteiger partial charge >= 0.3 is 0 Å². The number of carbonyl (C=O) groups excluding carboxylic acids is 2. The summed E-state index contributed by atoms with van der Waals surface area (Å²) in [7, 11) is 0. The normalized spacial score (nSPS) is 20.2. The van der Waals surface area contributed by atoms with Gasteiger partial charge in [0.15, 0.2) is 0 Å². The molecule has 1 N–H and O–H groups in total. The molecular formula is C21H30N2O2. The van der Waals surface area contributed by atoms with Gasteiger partial charge in [0.2, 0.25) is 11.8 Å². The molecule has 1 heterocycles. The molecule has 1 aliphatic carbocycles. The van der Waals surface area contributed by atoms with Crippen LogP contribution in [0.25, 0.3) is 0 Å². The summed E-state index contributed by atoms with van der Waals surface area (Å²) < 4.78 is 0. The number of carbonyl (C=O) groups is 2. The molecule has 1 aromatic rings. The van der Waals surface area contributed by atoms with Gasteiger partial charge in [0.1, 0.15) is 0 Å². The van der Waals surface area contributed by atoms with Crippen molar-refractivity contribution >= 4 is 11.8 Å². The Labute approximate surface area is 151 Å². The van der Waals surface area contributed by atoms with Crippen LogP contribution in [0.2, 0.25) is 0 Å². The zero-order valence-corrected chi connectivity index (χ0v) is 15.6. The Morgan fingerprint density at radius 1 is 1.04 bits per heavy atom. The first kappa shape index (κ1) is 18.0. The Hall–Kier alpha value is -1.84. The molecule has 1 aromatic carbocycles. The average molecular weight is 342 g/mol. The van der Waals surface area contributed by atoms with E-state index in [1.807, 2.05) is 43.9 Å². The number of likely N-dealkylation sites (tertiary alicyclic amines) is 1. The van der Waals surface area contributed by atoms with Gasteiger partial charge in [-0.05, 0) is 37.2 Å². The van der Waals surface area contributed by atoms with Crippen molar-refractivity contribution in [2.75, 3.05) is 13.1 Å². The van der Waals surface area contributed by atoms with Crippen molar-refractivity contribution in [3.05, 3.63) is 35.9 Å². The average Bonchev–Trinajstić information content (AvgIpc) is 3.44. The van der Waals surface area contributed by atoms with Crippen LogP contribution in [0.5, 0.6) is 0 Å². The molecule has 0 spiro atoms. The molecule has 3 rings (SSSR count). The van der Waals surface area contributed by atoms with E-state index >= 15 is 0 Å². The fourth-order valence-electron chi connectivity index (χ4n) is 3.65. The maximum Gasteiger partial charge on any atom is 0.227 e. The summed E-state index contributed by atoms with van der Waals surface area (Å²) in [5, 5.41) is 3.30. The van der Waals surface area contributed by atoms with E-state index < -0.39 is 0 Å². The molecule has 25 heavy (non-hydrogen) atoms. The lowest BCUT2D eigenvalue weighted by Crippen LogP contribution is -2.47. The van der Waals surface area contributed by atoms with Crippen molar-refractivity contribution in [1.29, 1.82) is 0 Å². The molecule has 2 amide bonds. The fraction of sp³-hybridized carbons (Fsp3) is 0.619. The van der Waals surface area contributed by atoms with Gasteiger partial charge in [0.25, 0.3) is 0 Å². The highest BCUT2D eigenvalue weighted by Gasteiger charge is 2.36. The molecule has 1 saturated carbocycles. The van der Waals surface area contributed by atoms with Gasteiger partial charge in [-0.2, -0.15) is 0 Å². The lowest BCUT2D eigenvalue weighted by molar-refractivity contribution is -0.142. The zero-order valence-electron chi connectivity index (χ0n) is 15.6. The van der Waals surface area contributed by atoms with E-state index in [2.05, 4.69) is 17.4 Å². The first-order valence-corrected chi connectivity index (χ1v) is 9.51. The Kier molecular flexibility index (Phi) is 5.16. The second-order valence-electron chi connectivity index (χ2n) is 8.55. The van der Waals surface area contributed by atoms with Crippen LogP contribution in [0.4, 0.5) is 0 Å². The van der Waals surface area contributed by atoms with Crippen LogP contribution in [0.1, 0.15) is 58.1 Å². The summed E-state index contributed by atoms with van der Waals surface area (Å²) in [4.78, 5) is 27.1. The van der Waals surface area contributed by atoms with Crippen molar-refractivity contribution in [3.8, 4) is 0 Å². The highest BCUT2D eigenvalue weighted by Crippen LogP contribution is 2.41. The molecule has 0 aromatic heterocycles. The monoisotopic (exact) mass is 342 g/mol. The van der Waals surface area contributed by atoms with Crippen LogP contribution in [0.15, 0.2) is 30.3 Å². The number of piperidine rings is 1. The second-order valence-corrected chi connectivity index (χ2v) is 8.55. The molecule has 4 heteroatoms. The van der Waals surface area contributed by atoms with E-state index in [1.165, 1.54) is 18.4 Å². The van der Waals surface area contributed by atoms with Gasteiger partial charge < -0.3 is 10.2 Å². The Morgan fingerprint density at radius 2 is 1.64 bits per heavy atom. The highest BCUT2D eigenvalue weighted by molar-refractivity contribution is 5.83. The number of hydrogen-bond donors (Lipinski definition) is 1. The molecule has 1 atom stereocenters. The van der Waals surface area contributed by atoms with E-state index in [9.17, 15) is 9.59 Å². The van der Waals surface area contributed by atoms with Gasteiger partial charge in [0.05, 0.1) is 6.04 Å². The standard InChI is InChI=1S/C21H30N2O2/c1-21(2,3)20(25)23-13-11-17(12-14-23)19(24)22-18(16-9-10-16)15-7-5-4-6-8-15/h4-8,16-18H,9-14H2,1-3H3,(H,22,24). The van der Waals surface area contributed by atoms with Gasteiger partial charge in [-0.25, -0.2) is 0 Å². The number of nitrogens with one attached hydrogen (secondary N) is 1. The predicted molar refractivity (Wildman–Crippen MR) is 98.8 cm³/mol. The summed E-state index contributed by atoms with van der Waals surface area (Å²) in [5.74, 6) is 0.943. The Balaban J connectivity index is 1.56. The first-order chi connectivity index (χ1) is 11.9. The fourth-order valence-corrected chi connectivity index (χ4v) is 3.65. The quantitative estimate of drug-likeness (QED) is 0.910. The van der Waals surface area contributed by atoms with Crippen molar-refractivity contribution in [2.45, 2.75) is 52.5 Å². The second kappa shape index (κ2) is 7.19. The van der Waals surface area contributed by atoms with Gasteiger partial charge in [-0.15, -0.1) is 0 Å². The van der Waals surface area contributed by atoms with Crippen LogP contribution in [0.3, 0.4) is 0 Å². The maximum atomic E-state index is 12.8.